The van der Waals surface area contributed by atoms with Crippen LogP contribution in [0.2, 0.25) is 5.02 Å². The van der Waals surface area contributed by atoms with Gasteiger partial charge in [0.1, 0.15) is 16.9 Å². The first-order valence-electron chi connectivity index (χ1n) is 9.54. The van der Waals surface area contributed by atoms with Gasteiger partial charge in [0.15, 0.2) is 17.3 Å². The maximum atomic E-state index is 13.6. The minimum absolute atomic E-state index is 0.00415. The van der Waals surface area contributed by atoms with Crippen molar-refractivity contribution in [3.8, 4) is 23.0 Å². The Balaban J connectivity index is 1.90. The molecule has 1 aliphatic carbocycles. The number of ether oxygens (including phenoxy) is 3. The Morgan fingerprint density at radius 3 is 2.55 bits per heavy atom. The highest BCUT2D eigenvalue weighted by Crippen LogP contribution is 2.54. The van der Waals surface area contributed by atoms with E-state index in [1.807, 2.05) is 0 Å². The van der Waals surface area contributed by atoms with Crippen LogP contribution in [0.15, 0.2) is 22.3 Å². The number of halogens is 1. The number of nitrogens with zero attached hydrogens (tertiary/aromatic N) is 2. The van der Waals surface area contributed by atoms with E-state index in [-0.39, 0.29) is 57.4 Å². The van der Waals surface area contributed by atoms with E-state index < -0.39 is 22.9 Å². The van der Waals surface area contributed by atoms with Crippen LogP contribution in [-0.2, 0) is 15.1 Å². The number of aromatic nitrogens is 2. The van der Waals surface area contributed by atoms with E-state index in [4.69, 9.17) is 30.2 Å². The number of ketones is 2. The third-order valence-electron chi connectivity index (χ3n) is 5.49. The number of rotatable bonds is 4. The predicted octanol–water partition coefficient (Wildman–Crippen LogP) is 3.08. The number of hydrogen-bond acceptors (Lipinski definition) is 9. The number of carbonyl (C=O) groups is 2. The van der Waals surface area contributed by atoms with Gasteiger partial charge < -0.3 is 23.7 Å². The molecule has 0 radical (unpaired) electrons. The summed E-state index contributed by atoms with van der Waals surface area (Å²) in [5.41, 5.74) is -2.47. The van der Waals surface area contributed by atoms with E-state index in [0.717, 1.165) is 0 Å². The zero-order valence-electron chi connectivity index (χ0n) is 17.6. The van der Waals surface area contributed by atoms with Gasteiger partial charge in [-0.25, -0.2) is 0 Å². The lowest BCUT2D eigenvalue weighted by Crippen LogP contribution is -2.51. The van der Waals surface area contributed by atoms with Crippen molar-refractivity contribution in [2.24, 2.45) is 5.92 Å². The fourth-order valence-electron chi connectivity index (χ4n) is 3.91. The molecular weight excluding hydrogens is 428 g/mol. The molecule has 164 valence electrons. The Morgan fingerprint density at radius 2 is 1.97 bits per heavy atom. The molecule has 1 N–H and O–H groups in total. The van der Waals surface area contributed by atoms with Crippen LogP contribution in [0.5, 0.6) is 11.5 Å². The van der Waals surface area contributed by atoms with Gasteiger partial charge in [0.05, 0.1) is 24.8 Å². The van der Waals surface area contributed by atoms with Gasteiger partial charge in [-0.15, -0.1) is 10.2 Å². The van der Waals surface area contributed by atoms with Gasteiger partial charge in [0.25, 0.3) is 0 Å². The van der Waals surface area contributed by atoms with Crippen molar-refractivity contribution >= 4 is 23.2 Å². The molecule has 4 rings (SSSR count). The van der Waals surface area contributed by atoms with E-state index >= 15 is 0 Å². The molecule has 9 nitrogen and oxygen atoms in total. The highest BCUT2D eigenvalue weighted by molar-refractivity contribution is 6.36. The maximum Gasteiger partial charge on any atom is 0.249 e. The Hall–Kier alpha value is -2.91. The lowest BCUT2D eigenvalue weighted by Gasteiger charge is -2.36. The topological polar surface area (TPSA) is 121 Å². The molecule has 1 aliphatic heterocycles. The van der Waals surface area contributed by atoms with Gasteiger partial charge in [-0.3, -0.25) is 9.59 Å². The van der Waals surface area contributed by atoms with Crippen molar-refractivity contribution in [3.05, 3.63) is 34.4 Å². The number of fused-ring (bicyclic) bond motifs is 1. The van der Waals surface area contributed by atoms with Crippen molar-refractivity contribution < 1.29 is 33.3 Å². The first kappa shape index (κ1) is 21.3. The smallest absolute Gasteiger partial charge is 0.249 e. The molecule has 0 fully saturated rings. The lowest BCUT2D eigenvalue weighted by atomic mass is 9.75. The summed E-state index contributed by atoms with van der Waals surface area (Å²) >= 11 is 6.63. The summed E-state index contributed by atoms with van der Waals surface area (Å²) in [5.74, 6) is -0.680. The Bertz CT molecular complexity index is 1130. The number of benzene rings is 1. The quantitative estimate of drug-likeness (QED) is 0.751. The normalized spacial score (nSPS) is 22.9. The third kappa shape index (κ3) is 3.02. The van der Waals surface area contributed by atoms with Crippen molar-refractivity contribution in [2.45, 2.75) is 38.4 Å². The molecule has 0 bridgehead atoms. The Kier molecular flexibility index (Phi) is 4.86. The van der Waals surface area contributed by atoms with Crippen LogP contribution >= 0.6 is 11.6 Å². The highest BCUT2D eigenvalue weighted by atomic mass is 35.5. The van der Waals surface area contributed by atoms with Gasteiger partial charge in [0, 0.05) is 18.4 Å². The van der Waals surface area contributed by atoms with Gasteiger partial charge in [-0.05, 0) is 19.9 Å². The number of Topliss-reactive ketones (excluding diaryl/α,β-unsaturated/α-hetero) is 1. The molecule has 1 aromatic carbocycles. The fourth-order valence-corrected chi connectivity index (χ4v) is 4.18. The minimum atomic E-state index is -1.53. The summed E-state index contributed by atoms with van der Waals surface area (Å²) < 4.78 is 22.6. The van der Waals surface area contributed by atoms with Gasteiger partial charge >= 0.3 is 0 Å². The van der Waals surface area contributed by atoms with Crippen molar-refractivity contribution in [2.75, 3.05) is 14.2 Å². The van der Waals surface area contributed by atoms with Crippen molar-refractivity contribution in [1.82, 2.24) is 10.2 Å². The first-order valence-corrected chi connectivity index (χ1v) is 9.92. The average molecular weight is 449 g/mol. The lowest BCUT2D eigenvalue weighted by molar-refractivity contribution is -0.118. The summed E-state index contributed by atoms with van der Waals surface area (Å²) in [6, 6.07) is 1.50. The van der Waals surface area contributed by atoms with Crippen molar-refractivity contribution in [3.63, 3.8) is 0 Å². The van der Waals surface area contributed by atoms with Crippen LogP contribution in [0.25, 0.3) is 11.5 Å². The largest absolute Gasteiger partial charge is 0.496 e. The second-order valence-electron chi connectivity index (χ2n) is 8.07. The van der Waals surface area contributed by atoms with Crippen molar-refractivity contribution in [1.29, 1.82) is 0 Å². The monoisotopic (exact) mass is 448 g/mol. The van der Waals surface area contributed by atoms with E-state index in [2.05, 4.69) is 10.2 Å². The van der Waals surface area contributed by atoms with Crippen LogP contribution in [-0.4, -0.2) is 46.7 Å². The zero-order valence-corrected chi connectivity index (χ0v) is 18.4. The number of allylic oxidation sites excluding steroid dienone is 1. The average Bonchev–Trinajstić information content (AvgIpc) is 3.31. The Morgan fingerprint density at radius 1 is 1.26 bits per heavy atom. The molecule has 10 heteroatoms. The molecule has 0 amide bonds. The number of aliphatic hydroxyl groups is 1. The van der Waals surface area contributed by atoms with E-state index in [9.17, 15) is 14.7 Å². The zero-order chi connectivity index (χ0) is 22.7. The fraction of sp³-hybridized carbons (Fsp3) is 0.429. The third-order valence-corrected chi connectivity index (χ3v) is 5.87. The summed E-state index contributed by atoms with van der Waals surface area (Å²) in [5, 5.41) is 18.0. The van der Waals surface area contributed by atoms with Crippen LogP contribution < -0.4 is 9.47 Å². The number of methoxy groups -OCH3 is 2. The second kappa shape index (κ2) is 7.06. The molecule has 2 heterocycles. The number of carbonyl (C=O) groups excluding carboxylic acids is 2. The molecule has 31 heavy (non-hydrogen) atoms. The minimum Gasteiger partial charge on any atom is -0.496 e. The molecule has 0 saturated carbocycles. The predicted molar refractivity (Wildman–Crippen MR) is 108 cm³/mol. The molecule has 1 spiro atoms. The summed E-state index contributed by atoms with van der Waals surface area (Å²) in [6.45, 7) is 4.75. The Labute approximate surface area is 182 Å². The number of hydrogen-bond donors (Lipinski definition) is 1. The molecule has 2 aromatic rings. The first-order chi connectivity index (χ1) is 14.5. The molecular formula is C21H21ClN2O7. The second-order valence-corrected chi connectivity index (χ2v) is 8.44. The maximum absolute atomic E-state index is 13.6. The molecule has 0 unspecified atom stereocenters. The SMILES string of the molecule is COC1=CC(=O)C[C@@H](C)[C@]12Oc1c(Cl)c(-c3nnc(C(C)(C)O)o3)cc(OC)c1C2=O. The molecule has 2 aliphatic rings. The van der Waals surface area contributed by atoms with Crippen LogP contribution in [0.1, 0.15) is 43.4 Å². The van der Waals surface area contributed by atoms with E-state index in [1.165, 1.54) is 40.2 Å². The summed E-state index contributed by atoms with van der Waals surface area (Å²) in [7, 11) is 2.78. The van der Waals surface area contributed by atoms with Gasteiger partial charge in [-0.2, -0.15) is 0 Å². The van der Waals surface area contributed by atoms with Crippen LogP contribution in [0, 0.1) is 5.92 Å². The molecule has 1 aromatic heterocycles. The molecule has 0 saturated heterocycles. The summed E-state index contributed by atoms with van der Waals surface area (Å²) in [6.07, 6.45) is 1.39. The highest BCUT2D eigenvalue weighted by Gasteiger charge is 2.59. The van der Waals surface area contributed by atoms with Crippen LogP contribution in [0.3, 0.4) is 0 Å². The van der Waals surface area contributed by atoms with Gasteiger partial charge in [-0.1, -0.05) is 18.5 Å². The van der Waals surface area contributed by atoms with E-state index in [0.29, 0.717) is 0 Å². The summed E-state index contributed by atoms with van der Waals surface area (Å²) in [4.78, 5) is 25.6. The van der Waals surface area contributed by atoms with E-state index in [1.54, 1.807) is 6.92 Å². The standard InChI is InChI=1S/C21H21ClN2O7/c1-9-6-10(25)7-13(29-5)21(9)17(26)14-12(28-4)8-11(15(22)16(14)31-21)18-23-24-19(30-18)20(2,3)27/h7-9,27H,6H2,1-5H3/t9-,21+/m1/s1. The van der Waals surface area contributed by atoms with Gasteiger partial charge in [0.2, 0.25) is 23.2 Å². The molecule has 2 atom stereocenters. The van der Waals surface area contributed by atoms with Crippen LogP contribution in [0.4, 0.5) is 0 Å².